The van der Waals surface area contributed by atoms with Gasteiger partial charge < -0.3 is 15.5 Å². The Labute approximate surface area is 154 Å². The maximum atomic E-state index is 14.2. The van der Waals surface area contributed by atoms with E-state index in [4.69, 9.17) is 0 Å². The molecule has 0 saturated carbocycles. The van der Waals surface area contributed by atoms with Gasteiger partial charge in [-0.3, -0.25) is 4.79 Å². The third kappa shape index (κ3) is 4.90. The van der Waals surface area contributed by atoms with E-state index in [0.29, 0.717) is 11.4 Å². The largest absolute Gasteiger partial charge is 0.416 e. The second-order valence-electron chi connectivity index (χ2n) is 6.34. The summed E-state index contributed by atoms with van der Waals surface area (Å²) in [6.07, 6.45) is -2.40. The van der Waals surface area contributed by atoms with Gasteiger partial charge in [-0.15, -0.1) is 0 Å². The number of nitrogens with zero attached hydrogens (tertiary/aromatic N) is 1. The first-order valence-corrected chi connectivity index (χ1v) is 8.58. The number of carbonyl (C=O) groups excluding carboxylic acids is 1. The smallest absolute Gasteiger partial charge is 0.376 e. The maximum absolute atomic E-state index is 14.2. The van der Waals surface area contributed by atoms with Crippen molar-refractivity contribution in [3.05, 3.63) is 53.8 Å². The summed E-state index contributed by atoms with van der Waals surface area (Å²) in [5.74, 6) is -0.902. The van der Waals surface area contributed by atoms with Crippen molar-refractivity contribution in [2.45, 2.75) is 19.0 Å². The molecule has 1 amide bonds. The maximum Gasteiger partial charge on any atom is 0.416 e. The lowest BCUT2D eigenvalue weighted by Gasteiger charge is -2.19. The van der Waals surface area contributed by atoms with Crippen LogP contribution < -0.4 is 15.5 Å². The van der Waals surface area contributed by atoms with Crippen LogP contribution in [0.5, 0.6) is 0 Å². The predicted octanol–water partition coefficient (Wildman–Crippen LogP) is 4.50. The standard InChI is InChI=1S/C19H19F4N3O/c20-16-11-15(6-7-17(16)26-8-1-2-9-26)25-18(27)12-24-14-5-3-4-13(10-14)19(21,22)23/h3-7,10-11,24H,1-2,8-9,12H2,(H,25,27). The second kappa shape index (κ2) is 7.85. The lowest BCUT2D eigenvalue weighted by atomic mass is 10.2. The van der Waals surface area contributed by atoms with Gasteiger partial charge >= 0.3 is 6.18 Å². The van der Waals surface area contributed by atoms with Gasteiger partial charge in [-0.05, 0) is 49.2 Å². The van der Waals surface area contributed by atoms with Crippen LogP contribution in [0.3, 0.4) is 0 Å². The Hall–Kier alpha value is -2.77. The molecular weight excluding hydrogens is 362 g/mol. The van der Waals surface area contributed by atoms with Crippen molar-refractivity contribution in [2.24, 2.45) is 0 Å². The highest BCUT2D eigenvalue weighted by Gasteiger charge is 2.30. The van der Waals surface area contributed by atoms with Crippen LogP contribution in [0.2, 0.25) is 0 Å². The summed E-state index contributed by atoms with van der Waals surface area (Å²) in [5.41, 5.74) is 0.182. The lowest BCUT2D eigenvalue weighted by molar-refractivity contribution is -0.137. The number of benzene rings is 2. The van der Waals surface area contributed by atoms with E-state index in [1.165, 1.54) is 18.2 Å². The van der Waals surface area contributed by atoms with Crippen LogP contribution in [0.15, 0.2) is 42.5 Å². The number of hydrogen-bond donors (Lipinski definition) is 2. The average molecular weight is 381 g/mol. The summed E-state index contributed by atoms with van der Waals surface area (Å²) in [5, 5.41) is 5.17. The number of hydrogen-bond acceptors (Lipinski definition) is 3. The van der Waals surface area contributed by atoms with Gasteiger partial charge in [0.2, 0.25) is 5.91 Å². The molecule has 1 heterocycles. The molecule has 144 valence electrons. The molecule has 0 aromatic heterocycles. The average Bonchev–Trinajstić information content (AvgIpc) is 3.14. The van der Waals surface area contributed by atoms with E-state index in [2.05, 4.69) is 10.6 Å². The highest BCUT2D eigenvalue weighted by Crippen LogP contribution is 2.30. The van der Waals surface area contributed by atoms with E-state index in [0.717, 1.165) is 38.1 Å². The highest BCUT2D eigenvalue weighted by atomic mass is 19.4. The van der Waals surface area contributed by atoms with Gasteiger partial charge in [0.05, 0.1) is 17.8 Å². The van der Waals surface area contributed by atoms with Gasteiger partial charge in [0.25, 0.3) is 0 Å². The molecule has 2 N–H and O–H groups in total. The SMILES string of the molecule is O=C(CNc1cccc(C(F)(F)F)c1)Nc1ccc(N2CCCC2)c(F)c1. The summed E-state index contributed by atoms with van der Waals surface area (Å²) in [6.45, 7) is 1.38. The Morgan fingerprint density at radius 1 is 1.04 bits per heavy atom. The van der Waals surface area contributed by atoms with Crippen molar-refractivity contribution in [1.82, 2.24) is 0 Å². The molecule has 0 radical (unpaired) electrons. The molecule has 3 rings (SSSR count). The van der Waals surface area contributed by atoms with Crippen molar-refractivity contribution in [3.8, 4) is 0 Å². The Balaban J connectivity index is 1.57. The number of carbonyl (C=O) groups is 1. The quantitative estimate of drug-likeness (QED) is 0.750. The fourth-order valence-electron chi connectivity index (χ4n) is 2.99. The Morgan fingerprint density at radius 2 is 1.78 bits per heavy atom. The van der Waals surface area contributed by atoms with Gasteiger partial charge in [-0.25, -0.2) is 4.39 Å². The first-order valence-electron chi connectivity index (χ1n) is 8.58. The molecule has 2 aromatic rings. The minimum absolute atomic E-state index is 0.176. The Morgan fingerprint density at radius 3 is 2.44 bits per heavy atom. The molecule has 8 heteroatoms. The van der Waals surface area contributed by atoms with Crippen molar-refractivity contribution in [1.29, 1.82) is 0 Å². The van der Waals surface area contributed by atoms with Crippen LogP contribution in [0.25, 0.3) is 0 Å². The molecule has 1 fully saturated rings. The fourth-order valence-corrected chi connectivity index (χ4v) is 2.99. The minimum Gasteiger partial charge on any atom is -0.376 e. The van der Waals surface area contributed by atoms with Crippen LogP contribution >= 0.6 is 0 Å². The number of amides is 1. The molecule has 1 aliphatic rings. The van der Waals surface area contributed by atoms with E-state index in [1.54, 1.807) is 12.1 Å². The summed E-state index contributed by atoms with van der Waals surface area (Å²) >= 11 is 0. The van der Waals surface area contributed by atoms with Crippen LogP contribution in [0.1, 0.15) is 18.4 Å². The Bertz CT molecular complexity index is 817. The van der Waals surface area contributed by atoms with Crippen molar-refractivity contribution >= 4 is 23.0 Å². The van der Waals surface area contributed by atoms with Crippen molar-refractivity contribution in [2.75, 3.05) is 35.2 Å². The van der Waals surface area contributed by atoms with Crippen molar-refractivity contribution < 1.29 is 22.4 Å². The van der Waals surface area contributed by atoms with E-state index in [9.17, 15) is 22.4 Å². The lowest BCUT2D eigenvalue weighted by Crippen LogP contribution is -2.22. The zero-order chi connectivity index (χ0) is 19.4. The molecule has 0 aliphatic carbocycles. The molecule has 0 unspecified atom stereocenters. The highest BCUT2D eigenvalue weighted by molar-refractivity contribution is 5.93. The fraction of sp³-hybridized carbons (Fsp3) is 0.316. The summed E-state index contributed by atoms with van der Waals surface area (Å²) in [7, 11) is 0. The van der Waals surface area contributed by atoms with Crippen molar-refractivity contribution in [3.63, 3.8) is 0 Å². The number of halogens is 4. The summed E-state index contributed by atoms with van der Waals surface area (Å²) in [4.78, 5) is 13.9. The predicted molar refractivity (Wildman–Crippen MR) is 96.4 cm³/mol. The van der Waals surface area contributed by atoms with Gasteiger partial charge in [-0.2, -0.15) is 13.2 Å². The molecule has 0 spiro atoms. The molecule has 1 aliphatic heterocycles. The number of alkyl halides is 3. The van der Waals surface area contributed by atoms with Crippen LogP contribution in [0, 0.1) is 5.82 Å². The number of rotatable bonds is 5. The van der Waals surface area contributed by atoms with E-state index in [-0.39, 0.29) is 12.2 Å². The first kappa shape index (κ1) is 19.0. The molecule has 2 aromatic carbocycles. The summed E-state index contributed by atoms with van der Waals surface area (Å²) < 4.78 is 52.3. The van der Waals surface area contributed by atoms with Gasteiger partial charge in [0.1, 0.15) is 5.82 Å². The zero-order valence-corrected chi connectivity index (χ0v) is 14.4. The van der Waals surface area contributed by atoms with E-state index < -0.39 is 23.5 Å². The van der Waals surface area contributed by atoms with E-state index >= 15 is 0 Å². The molecule has 4 nitrogen and oxygen atoms in total. The topological polar surface area (TPSA) is 44.4 Å². The summed E-state index contributed by atoms with van der Waals surface area (Å²) in [6, 6.07) is 9.06. The molecular formula is C19H19F4N3O. The van der Waals surface area contributed by atoms with Crippen LogP contribution in [-0.4, -0.2) is 25.5 Å². The third-order valence-electron chi connectivity index (χ3n) is 4.32. The molecule has 0 atom stereocenters. The molecule has 27 heavy (non-hydrogen) atoms. The van der Waals surface area contributed by atoms with Crippen LogP contribution in [-0.2, 0) is 11.0 Å². The first-order chi connectivity index (χ1) is 12.8. The monoisotopic (exact) mass is 381 g/mol. The molecule has 0 bridgehead atoms. The third-order valence-corrected chi connectivity index (χ3v) is 4.32. The normalized spacial score (nSPS) is 14.3. The van der Waals surface area contributed by atoms with Crippen LogP contribution in [0.4, 0.5) is 34.6 Å². The Kier molecular flexibility index (Phi) is 5.53. The number of anilines is 3. The minimum atomic E-state index is -4.45. The molecule has 1 saturated heterocycles. The number of nitrogens with one attached hydrogen (secondary N) is 2. The van der Waals surface area contributed by atoms with Gasteiger partial charge in [-0.1, -0.05) is 6.07 Å². The van der Waals surface area contributed by atoms with Gasteiger partial charge in [0.15, 0.2) is 0 Å². The zero-order valence-electron chi connectivity index (χ0n) is 14.4. The second-order valence-corrected chi connectivity index (χ2v) is 6.34. The van der Waals surface area contributed by atoms with Gasteiger partial charge in [0, 0.05) is 24.5 Å². The van der Waals surface area contributed by atoms with E-state index in [1.807, 2.05) is 4.90 Å².